The second kappa shape index (κ2) is 10.3. The molecule has 0 aliphatic carbocycles. The summed E-state index contributed by atoms with van der Waals surface area (Å²) in [5.74, 6) is -0.358. The molecule has 154 valence electrons. The quantitative estimate of drug-likeness (QED) is 0.518. The van der Waals surface area contributed by atoms with Crippen LogP contribution in [0.4, 0.5) is 5.69 Å². The van der Waals surface area contributed by atoms with Gasteiger partial charge in [-0.25, -0.2) is 8.42 Å². The minimum absolute atomic E-state index is 0.128. The summed E-state index contributed by atoms with van der Waals surface area (Å²) < 4.78 is 26.4. The molecule has 2 N–H and O–H groups in total. The second-order valence-electron chi connectivity index (χ2n) is 6.30. The number of hydrogen-bond acceptors (Lipinski definition) is 4. The molecule has 6 nitrogen and oxygen atoms in total. The number of carbonyl (C=O) groups excluding carboxylic acids is 1. The van der Waals surface area contributed by atoms with E-state index in [2.05, 4.69) is 10.6 Å². The topological polar surface area (TPSA) is 78.5 Å². The summed E-state index contributed by atoms with van der Waals surface area (Å²) in [5, 5.41) is 5.56. The fourth-order valence-corrected chi connectivity index (χ4v) is 4.26. The number of carbonyl (C=O) groups is 1. The molecular formula is C21H25N3O3S2. The molecule has 0 radical (unpaired) electrons. The zero-order valence-corrected chi connectivity index (χ0v) is 18.3. The lowest BCUT2D eigenvalue weighted by molar-refractivity contribution is -0.115. The van der Waals surface area contributed by atoms with Gasteiger partial charge in [0.1, 0.15) is 0 Å². The van der Waals surface area contributed by atoms with E-state index in [1.54, 1.807) is 32.1 Å². The fourth-order valence-electron chi connectivity index (χ4n) is 2.59. The third-order valence-electron chi connectivity index (χ3n) is 4.20. The molecule has 0 fully saturated rings. The van der Waals surface area contributed by atoms with Crippen LogP contribution in [0.3, 0.4) is 0 Å². The van der Waals surface area contributed by atoms with Crippen molar-refractivity contribution in [2.75, 3.05) is 18.4 Å². The van der Waals surface area contributed by atoms with Crippen molar-refractivity contribution in [3.05, 3.63) is 65.7 Å². The lowest BCUT2D eigenvalue weighted by Gasteiger charge is -2.18. The number of hydrogen-bond donors (Lipinski definition) is 2. The molecule has 2 aromatic carbocycles. The molecule has 2 rings (SSSR count). The molecule has 0 aliphatic heterocycles. The predicted molar refractivity (Wildman–Crippen MR) is 121 cm³/mol. The van der Waals surface area contributed by atoms with Gasteiger partial charge in [-0.2, -0.15) is 4.31 Å². The van der Waals surface area contributed by atoms with Crippen molar-refractivity contribution >= 4 is 45.0 Å². The molecule has 0 heterocycles. The summed E-state index contributed by atoms with van der Waals surface area (Å²) in [6, 6.07) is 14.0. The molecule has 0 aliphatic rings. The van der Waals surface area contributed by atoms with Crippen LogP contribution in [-0.4, -0.2) is 36.8 Å². The van der Waals surface area contributed by atoms with Crippen LogP contribution >= 0.6 is 12.2 Å². The monoisotopic (exact) mass is 431 g/mol. The Balaban J connectivity index is 1.95. The van der Waals surface area contributed by atoms with Crippen molar-refractivity contribution in [3.8, 4) is 0 Å². The van der Waals surface area contributed by atoms with Gasteiger partial charge in [-0.3, -0.25) is 10.1 Å². The Bertz CT molecular complexity index is 979. The minimum Gasteiger partial charge on any atom is -0.332 e. The molecule has 1 amide bonds. The van der Waals surface area contributed by atoms with Crippen molar-refractivity contribution in [2.24, 2.45) is 0 Å². The van der Waals surface area contributed by atoms with E-state index >= 15 is 0 Å². The Kier molecular flexibility index (Phi) is 8.07. The summed E-state index contributed by atoms with van der Waals surface area (Å²) in [5.41, 5.74) is 2.64. The summed E-state index contributed by atoms with van der Waals surface area (Å²) in [7, 11) is -3.51. The number of rotatable bonds is 7. The van der Waals surface area contributed by atoms with E-state index in [1.165, 1.54) is 22.5 Å². The summed E-state index contributed by atoms with van der Waals surface area (Å²) in [6.07, 6.45) is 3.10. The number of nitrogens with one attached hydrogen (secondary N) is 2. The standard InChI is InChI=1S/C21H25N3O3S2/c1-4-24(5-2)29(26,27)19-13-11-18(12-14-19)22-21(28)23-20(25)15-10-17-8-6-16(3)7-9-17/h6-15H,4-5H2,1-3H3,(H2,22,23,25,28)/b15-10+. The van der Waals surface area contributed by atoms with Crippen molar-refractivity contribution in [1.82, 2.24) is 9.62 Å². The van der Waals surface area contributed by atoms with Crippen LogP contribution in [0, 0.1) is 6.92 Å². The number of nitrogens with zero attached hydrogens (tertiary/aromatic N) is 1. The molecule has 0 saturated heterocycles. The zero-order valence-electron chi connectivity index (χ0n) is 16.7. The van der Waals surface area contributed by atoms with Gasteiger partial charge in [-0.05, 0) is 55.0 Å². The van der Waals surface area contributed by atoms with E-state index in [4.69, 9.17) is 12.2 Å². The Morgan fingerprint density at radius 2 is 1.62 bits per heavy atom. The molecule has 0 unspecified atom stereocenters. The largest absolute Gasteiger partial charge is 0.332 e. The summed E-state index contributed by atoms with van der Waals surface area (Å²) in [6.45, 7) is 6.41. The first kappa shape index (κ1) is 22.7. The SMILES string of the molecule is CCN(CC)S(=O)(=O)c1ccc(NC(=S)NC(=O)/C=C/c2ccc(C)cc2)cc1. The van der Waals surface area contributed by atoms with Gasteiger partial charge in [-0.15, -0.1) is 0 Å². The molecular weight excluding hydrogens is 406 g/mol. The maximum atomic E-state index is 12.5. The van der Waals surface area contributed by atoms with Gasteiger partial charge in [0.05, 0.1) is 4.90 Å². The Morgan fingerprint density at radius 1 is 1.03 bits per heavy atom. The van der Waals surface area contributed by atoms with Crippen LogP contribution in [0.15, 0.2) is 59.5 Å². The van der Waals surface area contributed by atoms with Crippen LogP contribution in [0.5, 0.6) is 0 Å². The average Bonchev–Trinajstić information content (AvgIpc) is 2.68. The molecule has 0 atom stereocenters. The third-order valence-corrected chi connectivity index (χ3v) is 6.46. The van der Waals surface area contributed by atoms with Gasteiger partial charge < -0.3 is 5.32 Å². The van der Waals surface area contributed by atoms with Gasteiger partial charge >= 0.3 is 0 Å². The highest BCUT2D eigenvalue weighted by Gasteiger charge is 2.21. The highest BCUT2D eigenvalue weighted by molar-refractivity contribution is 7.89. The third kappa shape index (κ3) is 6.49. The van der Waals surface area contributed by atoms with Gasteiger partial charge in [0, 0.05) is 24.9 Å². The number of sulfonamides is 1. The highest BCUT2D eigenvalue weighted by atomic mass is 32.2. The first-order valence-electron chi connectivity index (χ1n) is 9.23. The van der Waals surface area contributed by atoms with Crippen LogP contribution in [0.25, 0.3) is 6.08 Å². The molecule has 29 heavy (non-hydrogen) atoms. The van der Waals surface area contributed by atoms with Crippen LogP contribution < -0.4 is 10.6 Å². The maximum absolute atomic E-state index is 12.5. The van der Waals surface area contributed by atoms with Gasteiger partial charge in [0.15, 0.2) is 5.11 Å². The lowest BCUT2D eigenvalue weighted by atomic mass is 10.1. The molecule has 0 spiro atoms. The van der Waals surface area contributed by atoms with Gasteiger partial charge in [0.25, 0.3) is 0 Å². The van der Waals surface area contributed by atoms with E-state index in [0.717, 1.165) is 11.1 Å². The molecule has 0 bridgehead atoms. The molecule has 8 heteroatoms. The number of thiocarbonyl (C=S) groups is 1. The second-order valence-corrected chi connectivity index (χ2v) is 8.65. The van der Waals surface area contributed by atoms with E-state index in [9.17, 15) is 13.2 Å². The predicted octanol–water partition coefficient (Wildman–Crippen LogP) is 3.55. The average molecular weight is 432 g/mol. The zero-order chi connectivity index (χ0) is 21.4. The van der Waals surface area contributed by atoms with E-state index in [1.807, 2.05) is 31.2 Å². The van der Waals surface area contributed by atoms with E-state index in [-0.39, 0.29) is 15.9 Å². The number of anilines is 1. The van der Waals surface area contributed by atoms with Crippen molar-refractivity contribution in [1.29, 1.82) is 0 Å². The van der Waals surface area contributed by atoms with Crippen molar-refractivity contribution < 1.29 is 13.2 Å². The maximum Gasteiger partial charge on any atom is 0.250 e. The molecule has 0 aromatic heterocycles. The Morgan fingerprint density at radius 3 is 2.17 bits per heavy atom. The normalized spacial score (nSPS) is 11.6. The molecule has 0 saturated carbocycles. The minimum atomic E-state index is -3.51. The fraction of sp³-hybridized carbons (Fsp3) is 0.238. The lowest BCUT2D eigenvalue weighted by Crippen LogP contribution is -2.33. The first-order chi connectivity index (χ1) is 13.8. The van der Waals surface area contributed by atoms with Crippen molar-refractivity contribution in [3.63, 3.8) is 0 Å². The van der Waals surface area contributed by atoms with E-state index in [0.29, 0.717) is 18.8 Å². The highest BCUT2D eigenvalue weighted by Crippen LogP contribution is 2.18. The smallest absolute Gasteiger partial charge is 0.250 e. The number of amides is 1. The van der Waals surface area contributed by atoms with Crippen LogP contribution in [-0.2, 0) is 14.8 Å². The van der Waals surface area contributed by atoms with Crippen LogP contribution in [0.1, 0.15) is 25.0 Å². The Hall–Kier alpha value is -2.55. The van der Waals surface area contributed by atoms with Gasteiger partial charge in [0.2, 0.25) is 15.9 Å². The molecule has 2 aromatic rings. The first-order valence-corrected chi connectivity index (χ1v) is 11.1. The van der Waals surface area contributed by atoms with Gasteiger partial charge in [-0.1, -0.05) is 43.7 Å². The number of aryl methyl sites for hydroxylation is 1. The summed E-state index contributed by atoms with van der Waals surface area (Å²) in [4.78, 5) is 12.2. The Labute approximate surface area is 177 Å². The summed E-state index contributed by atoms with van der Waals surface area (Å²) >= 11 is 5.14. The van der Waals surface area contributed by atoms with E-state index < -0.39 is 10.0 Å². The van der Waals surface area contributed by atoms with Crippen LogP contribution in [0.2, 0.25) is 0 Å². The number of benzene rings is 2. The van der Waals surface area contributed by atoms with Crippen molar-refractivity contribution in [2.45, 2.75) is 25.7 Å².